The van der Waals surface area contributed by atoms with Crippen LogP contribution in [0, 0.1) is 0 Å². The predicted octanol–water partition coefficient (Wildman–Crippen LogP) is 1.98. The summed E-state index contributed by atoms with van der Waals surface area (Å²) in [5, 5.41) is 6.50. The van der Waals surface area contributed by atoms with Crippen molar-refractivity contribution in [2.45, 2.75) is 83.0 Å². The Bertz CT molecular complexity index is 332. The van der Waals surface area contributed by atoms with Crippen LogP contribution in [0.4, 0.5) is 0 Å². The largest absolute Gasteiger partial charge is 0.375 e. The molecule has 2 N–H and O–H groups in total. The maximum absolute atomic E-state index is 12.1. The Balaban J connectivity index is 1.81. The second-order valence-corrected chi connectivity index (χ2v) is 7.20. The monoisotopic (exact) mass is 268 g/mol. The second kappa shape index (κ2) is 5.41. The van der Waals surface area contributed by atoms with Crippen LogP contribution < -0.4 is 10.6 Å². The molecule has 0 bridgehead atoms. The van der Waals surface area contributed by atoms with Gasteiger partial charge >= 0.3 is 0 Å². The Morgan fingerprint density at radius 1 is 1.37 bits per heavy atom. The fraction of sp³-hybridized carbons (Fsp3) is 0.933. The first-order valence-corrected chi connectivity index (χ1v) is 7.52. The topological polar surface area (TPSA) is 50.4 Å². The van der Waals surface area contributed by atoms with Gasteiger partial charge in [-0.2, -0.15) is 0 Å². The van der Waals surface area contributed by atoms with Gasteiger partial charge in [0, 0.05) is 18.2 Å². The number of hydrogen-bond acceptors (Lipinski definition) is 3. The zero-order valence-electron chi connectivity index (χ0n) is 12.7. The average molecular weight is 268 g/mol. The van der Waals surface area contributed by atoms with E-state index in [4.69, 9.17) is 4.74 Å². The van der Waals surface area contributed by atoms with Crippen molar-refractivity contribution in [3.63, 3.8) is 0 Å². The lowest BCUT2D eigenvalue weighted by atomic mass is 9.74. The molecular formula is C15H28N2O2. The summed E-state index contributed by atoms with van der Waals surface area (Å²) in [6.45, 7) is 8.80. The van der Waals surface area contributed by atoms with E-state index in [0.717, 1.165) is 19.4 Å². The van der Waals surface area contributed by atoms with Gasteiger partial charge in [-0.3, -0.25) is 4.79 Å². The van der Waals surface area contributed by atoms with Crippen LogP contribution in [-0.4, -0.2) is 35.7 Å². The van der Waals surface area contributed by atoms with Crippen LogP contribution in [0.3, 0.4) is 0 Å². The third-order valence-electron chi connectivity index (χ3n) is 4.13. The Kier molecular flexibility index (Phi) is 4.21. The average Bonchev–Trinajstić information content (AvgIpc) is 2.25. The molecule has 2 aliphatic rings. The van der Waals surface area contributed by atoms with Crippen molar-refractivity contribution in [1.29, 1.82) is 0 Å². The Hall–Kier alpha value is -0.610. The number of ether oxygens (including phenoxy) is 1. The van der Waals surface area contributed by atoms with Gasteiger partial charge in [0.15, 0.2) is 0 Å². The Morgan fingerprint density at radius 2 is 2.05 bits per heavy atom. The van der Waals surface area contributed by atoms with E-state index in [-0.39, 0.29) is 23.1 Å². The summed E-state index contributed by atoms with van der Waals surface area (Å²) < 4.78 is 5.91. The summed E-state index contributed by atoms with van der Waals surface area (Å²) in [6.07, 6.45) is 5.73. The minimum Gasteiger partial charge on any atom is -0.375 e. The van der Waals surface area contributed by atoms with Crippen molar-refractivity contribution in [2.75, 3.05) is 6.61 Å². The van der Waals surface area contributed by atoms with E-state index in [1.54, 1.807) is 0 Å². The van der Waals surface area contributed by atoms with E-state index < -0.39 is 0 Å². The van der Waals surface area contributed by atoms with Crippen LogP contribution in [0.25, 0.3) is 0 Å². The molecule has 1 saturated carbocycles. The van der Waals surface area contributed by atoms with Crippen LogP contribution in [0.1, 0.15) is 59.8 Å². The lowest BCUT2D eigenvalue weighted by molar-refractivity contribution is -0.139. The molecule has 0 aromatic rings. The van der Waals surface area contributed by atoms with E-state index in [1.807, 2.05) is 27.7 Å². The minimum atomic E-state index is -0.169. The number of carbonyl (C=O) groups excluding carboxylic acids is 1. The third-order valence-corrected chi connectivity index (χ3v) is 4.13. The van der Waals surface area contributed by atoms with Gasteiger partial charge in [-0.15, -0.1) is 0 Å². The van der Waals surface area contributed by atoms with E-state index in [2.05, 4.69) is 10.6 Å². The number of carbonyl (C=O) groups is 1. The first-order chi connectivity index (χ1) is 8.80. The normalized spacial score (nSPS) is 27.7. The molecule has 1 amide bonds. The lowest BCUT2D eigenvalue weighted by Gasteiger charge is -2.47. The first kappa shape index (κ1) is 14.8. The molecule has 2 unspecified atom stereocenters. The van der Waals surface area contributed by atoms with Crippen LogP contribution >= 0.6 is 0 Å². The highest BCUT2D eigenvalue weighted by Gasteiger charge is 2.42. The Morgan fingerprint density at radius 3 is 2.58 bits per heavy atom. The maximum Gasteiger partial charge on any atom is 0.237 e. The van der Waals surface area contributed by atoms with Crippen LogP contribution in [0.2, 0.25) is 0 Å². The molecule has 1 saturated heterocycles. The third kappa shape index (κ3) is 3.93. The van der Waals surface area contributed by atoms with Gasteiger partial charge in [0.25, 0.3) is 0 Å². The van der Waals surface area contributed by atoms with Crippen molar-refractivity contribution in [3.8, 4) is 0 Å². The molecule has 0 aromatic heterocycles. The van der Waals surface area contributed by atoms with Gasteiger partial charge in [-0.1, -0.05) is 0 Å². The van der Waals surface area contributed by atoms with Crippen molar-refractivity contribution in [1.82, 2.24) is 10.6 Å². The molecule has 1 aliphatic carbocycles. The van der Waals surface area contributed by atoms with Crippen molar-refractivity contribution in [2.24, 2.45) is 0 Å². The standard InChI is InChI=1S/C15H28N2O2/c1-11(13(18)17-14(2,3)4)16-12-6-9-19-15(10-12)7-5-8-15/h11-12,16H,5-10H2,1-4H3,(H,17,18). The summed E-state index contributed by atoms with van der Waals surface area (Å²) in [4.78, 5) is 12.1. The van der Waals surface area contributed by atoms with Crippen LogP contribution in [0.15, 0.2) is 0 Å². The molecule has 2 fully saturated rings. The zero-order valence-corrected chi connectivity index (χ0v) is 12.7. The molecule has 2 rings (SSSR count). The maximum atomic E-state index is 12.1. The first-order valence-electron chi connectivity index (χ1n) is 7.52. The highest BCUT2D eigenvalue weighted by Crippen LogP contribution is 2.42. The molecule has 1 spiro atoms. The van der Waals surface area contributed by atoms with Gasteiger partial charge in [-0.25, -0.2) is 0 Å². The molecular weight excluding hydrogens is 240 g/mol. The molecule has 0 aromatic carbocycles. The van der Waals surface area contributed by atoms with E-state index >= 15 is 0 Å². The molecule has 1 aliphatic heterocycles. The number of hydrogen-bond donors (Lipinski definition) is 2. The summed E-state index contributed by atoms with van der Waals surface area (Å²) in [7, 11) is 0. The van der Waals surface area contributed by atoms with E-state index in [0.29, 0.717) is 6.04 Å². The minimum absolute atomic E-state index is 0.0849. The van der Waals surface area contributed by atoms with Crippen LogP contribution in [-0.2, 0) is 9.53 Å². The number of rotatable bonds is 3. The SMILES string of the molecule is CC(NC1CCOC2(CCC2)C1)C(=O)NC(C)(C)C. The van der Waals surface area contributed by atoms with Crippen molar-refractivity contribution < 1.29 is 9.53 Å². The fourth-order valence-electron chi connectivity index (χ4n) is 3.00. The quantitative estimate of drug-likeness (QED) is 0.823. The van der Waals surface area contributed by atoms with Crippen molar-refractivity contribution in [3.05, 3.63) is 0 Å². The van der Waals surface area contributed by atoms with Gasteiger partial charge in [0.1, 0.15) is 0 Å². The number of amides is 1. The molecule has 19 heavy (non-hydrogen) atoms. The van der Waals surface area contributed by atoms with E-state index in [9.17, 15) is 4.79 Å². The molecule has 4 heteroatoms. The summed E-state index contributed by atoms with van der Waals surface area (Å²) >= 11 is 0. The molecule has 4 nitrogen and oxygen atoms in total. The summed E-state index contributed by atoms with van der Waals surface area (Å²) in [5.41, 5.74) is -0.0337. The predicted molar refractivity (Wildman–Crippen MR) is 76.0 cm³/mol. The fourth-order valence-corrected chi connectivity index (χ4v) is 3.00. The Labute approximate surface area is 116 Å². The van der Waals surface area contributed by atoms with Crippen LogP contribution in [0.5, 0.6) is 0 Å². The zero-order chi connectivity index (χ0) is 14.1. The molecule has 2 atom stereocenters. The highest BCUT2D eigenvalue weighted by molar-refractivity contribution is 5.81. The molecule has 0 radical (unpaired) electrons. The van der Waals surface area contributed by atoms with Gasteiger partial charge < -0.3 is 15.4 Å². The van der Waals surface area contributed by atoms with Gasteiger partial charge in [0.05, 0.1) is 11.6 Å². The molecule has 110 valence electrons. The number of nitrogens with one attached hydrogen (secondary N) is 2. The van der Waals surface area contributed by atoms with Gasteiger partial charge in [0.2, 0.25) is 5.91 Å². The van der Waals surface area contributed by atoms with E-state index in [1.165, 1.54) is 19.3 Å². The highest BCUT2D eigenvalue weighted by atomic mass is 16.5. The molecule has 1 heterocycles. The van der Waals surface area contributed by atoms with Gasteiger partial charge in [-0.05, 0) is 59.8 Å². The summed E-state index contributed by atoms with van der Waals surface area (Å²) in [6, 6.07) is 0.272. The second-order valence-electron chi connectivity index (χ2n) is 7.20. The summed E-state index contributed by atoms with van der Waals surface area (Å²) in [5.74, 6) is 0.0849. The van der Waals surface area contributed by atoms with Crippen molar-refractivity contribution >= 4 is 5.91 Å². The smallest absolute Gasteiger partial charge is 0.237 e. The lowest BCUT2D eigenvalue weighted by Crippen LogP contribution is -2.56.